The molecule has 0 aromatic heterocycles. The summed E-state index contributed by atoms with van der Waals surface area (Å²) in [5.41, 5.74) is 0.681. The van der Waals surface area contributed by atoms with Crippen LogP contribution in [-0.2, 0) is 4.79 Å². The van der Waals surface area contributed by atoms with Gasteiger partial charge < -0.3 is 10.1 Å². The molecule has 1 aliphatic carbocycles. The molecule has 0 bridgehead atoms. The SMILES string of the molecule is COc1cccc(NC(=O)[C@@H]2CC2(Cl)Cl)c1. The van der Waals surface area contributed by atoms with E-state index in [1.807, 2.05) is 0 Å². The van der Waals surface area contributed by atoms with Crippen molar-refractivity contribution in [2.45, 2.75) is 10.8 Å². The number of hydrogen-bond donors (Lipinski definition) is 1. The molecular weight excluding hydrogens is 249 g/mol. The second-order valence-electron chi connectivity index (χ2n) is 3.74. The number of ether oxygens (including phenoxy) is 1. The van der Waals surface area contributed by atoms with Gasteiger partial charge in [-0.3, -0.25) is 4.79 Å². The Bertz CT molecular complexity index is 420. The molecule has 1 atom stereocenters. The Hall–Kier alpha value is -0.930. The van der Waals surface area contributed by atoms with Gasteiger partial charge in [-0.15, -0.1) is 23.2 Å². The third-order valence-corrected chi connectivity index (χ3v) is 3.32. The van der Waals surface area contributed by atoms with Gasteiger partial charge in [0.15, 0.2) is 0 Å². The number of nitrogens with one attached hydrogen (secondary N) is 1. The molecule has 16 heavy (non-hydrogen) atoms. The van der Waals surface area contributed by atoms with E-state index in [1.165, 1.54) is 0 Å². The first-order valence-electron chi connectivity index (χ1n) is 4.85. The lowest BCUT2D eigenvalue weighted by atomic mass is 10.3. The summed E-state index contributed by atoms with van der Waals surface area (Å²) in [7, 11) is 1.57. The number of amides is 1. The molecule has 1 aromatic rings. The van der Waals surface area contributed by atoms with Crippen LogP contribution in [0.15, 0.2) is 24.3 Å². The number of halogens is 2. The summed E-state index contributed by atoms with van der Waals surface area (Å²) in [6, 6.07) is 7.13. The molecule has 86 valence electrons. The van der Waals surface area contributed by atoms with E-state index >= 15 is 0 Å². The van der Waals surface area contributed by atoms with E-state index in [4.69, 9.17) is 27.9 Å². The monoisotopic (exact) mass is 259 g/mol. The summed E-state index contributed by atoms with van der Waals surface area (Å²) in [5.74, 6) is 0.219. The highest BCUT2D eigenvalue weighted by atomic mass is 35.5. The molecule has 3 nitrogen and oxygen atoms in total. The number of rotatable bonds is 3. The van der Waals surface area contributed by atoms with Crippen LogP contribution in [0.5, 0.6) is 5.75 Å². The standard InChI is InChI=1S/C11H11Cl2NO2/c1-16-8-4-2-3-7(5-8)14-10(15)9-6-11(9,12)13/h2-5,9H,6H2,1H3,(H,14,15)/t9-/m0/s1. The van der Waals surface area contributed by atoms with Gasteiger partial charge in [-0.2, -0.15) is 0 Å². The van der Waals surface area contributed by atoms with Crippen molar-refractivity contribution in [3.63, 3.8) is 0 Å². The first-order chi connectivity index (χ1) is 7.53. The smallest absolute Gasteiger partial charge is 0.230 e. The zero-order valence-electron chi connectivity index (χ0n) is 8.67. The Morgan fingerprint density at radius 2 is 2.25 bits per heavy atom. The zero-order valence-corrected chi connectivity index (χ0v) is 10.2. The van der Waals surface area contributed by atoms with E-state index < -0.39 is 4.33 Å². The van der Waals surface area contributed by atoms with Crippen molar-refractivity contribution >= 4 is 34.8 Å². The molecular formula is C11H11Cl2NO2. The summed E-state index contributed by atoms with van der Waals surface area (Å²) >= 11 is 11.6. The predicted molar refractivity (Wildman–Crippen MR) is 64.2 cm³/mol. The highest BCUT2D eigenvalue weighted by molar-refractivity contribution is 6.52. The lowest BCUT2D eigenvalue weighted by Crippen LogP contribution is -2.16. The van der Waals surface area contributed by atoms with Crippen LogP contribution in [0, 0.1) is 5.92 Å². The lowest BCUT2D eigenvalue weighted by molar-refractivity contribution is -0.117. The molecule has 0 spiro atoms. The molecule has 1 aliphatic rings. The highest BCUT2D eigenvalue weighted by Gasteiger charge is 2.56. The van der Waals surface area contributed by atoms with Crippen LogP contribution >= 0.6 is 23.2 Å². The van der Waals surface area contributed by atoms with E-state index in [9.17, 15) is 4.79 Å². The van der Waals surface area contributed by atoms with Crippen molar-refractivity contribution in [1.29, 1.82) is 0 Å². The predicted octanol–water partition coefficient (Wildman–Crippen LogP) is 2.83. The molecule has 0 aliphatic heterocycles. The van der Waals surface area contributed by atoms with Gasteiger partial charge in [-0.1, -0.05) is 6.07 Å². The molecule has 1 fully saturated rings. The quantitative estimate of drug-likeness (QED) is 0.848. The third-order valence-electron chi connectivity index (χ3n) is 2.48. The first kappa shape index (κ1) is 11.6. The third kappa shape index (κ3) is 2.42. The molecule has 1 aromatic carbocycles. The minimum atomic E-state index is -0.886. The summed E-state index contributed by atoms with van der Waals surface area (Å²) in [5, 5.41) is 2.75. The van der Waals surface area contributed by atoms with Crippen molar-refractivity contribution in [2.24, 2.45) is 5.92 Å². The van der Waals surface area contributed by atoms with Gasteiger partial charge >= 0.3 is 0 Å². The number of methoxy groups -OCH3 is 1. The molecule has 0 radical (unpaired) electrons. The van der Waals surface area contributed by atoms with Crippen LogP contribution in [0.25, 0.3) is 0 Å². The van der Waals surface area contributed by atoms with Crippen molar-refractivity contribution in [3.8, 4) is 5.75 Å². The van der Waals surface area contributed by atoms with Gasteiger partial charge in [0.25, 0.3) is 0 Å². The van der Waals surface area contributed by atoms with Gasteiger partial charge in [0.05, 0.1) is 13.0 Å². The van der Waals surface area contributed by atoms with E-state index in [0.717, 1.165) is 0 Å². The molecule has 5 heteroatoms. The largest absolute Gasteiger partial charge is 0.497 e. The molecule has 0 unspecified atom stereocenters. The summed E-state index contributed by atoms with van der Waals surface area (Å²) in [6.45, 7) is 0. The molecule has 0 saturated heterocycles. The van der Waals surface area contributed by atoms with Crippen molar-refractivity contribution < 1.29 is 9.53 Å². The Balaban J connectivity index is 2.01. The number of alkyl halides is 2. The second kappa shape index (κ2) is 4.15. The van der Waals surface area contributed by atoms with Gasteiger partial charge in [0, 0.05) is 11.8 Å². The fraction of sp³-hybridized carbons (Fsp3) is 0.364. The second-order valence-corrected chi connectivity index (χ2v) is 5.28. The maximum Gasteiger partial charge on any atom is 0.230 e. The van der Waals surface area contributed by atoms with Gasteiger partial charge in [0.2, 0.25) is 5.91 Å². The minimum absolute atomic E-state index is 0.154. The first-order valence-corrected chi connectivity index (χ1v) is 5.61. The fourth-order valence-corrected chi connectivity index (χ4v) is 1.93. The van der Waals surface area contributed by atoms with E-state index in [-0.39, 0.29) is 11.8 Å². The minimum Gasteiger partial charge on any atom is -0.497 e. The van der Waals surface area contributed by atoms with Gasteiger partial charge in [-0.25, -0.2) is 0 Å². The maximum atomic E-state index is 11.7. The average molecular weight is 260 g/mol. The lowest BCUT2D eigenvalue weighted by Gasteiger charge is -2.06. The van der Waals surface area contributed by atoms with Crippen LogP contribution < -0.4 is 10.1 Å². The highest BCUT2D eigenvalue weighted by Crippen LogP contribution is 2.53. The fourth-order valence-electron chi connectivity index (χ4n) is 1.43. The van der Waals surface area contributed by atoms with Crippen molar-refractivity contribution in [2.75, 3.05) is 12.4 Å². The number of carbonyl (C=O) groups is 1. The molecule has 1 saturated carbocycles. The van der Waals surface area contributed by atoms with Crippen molar-refractivity contribution in [1.82, 2.24) is 0 Å². The summed E-state index contributed by atoms with van der Waals surface area (Å²) < 4.78 is 4.16. The van der Waals surface area contributed by atoms with E-state index in [2.05, 4.69) is 5.32 Å². The maximum absolute atomic E-state index is 11.7. The van der Waals surface area contributed by atoms with Gasteiger partial charge in [0.1, 0.15) is 10.1 Å². The Kier molecular flexibility index (Phi) is 3.00. The van der Waals surface area contributed by atoms with Crippen LogP contribution in [0.2, 0.25) is 0 Å². The molecule has 2 rings (SSSR count). The normalized spacial score (nSPS) is 21.3. The number of benzene rings is 1. The van der Waals surface area contributed by atoms with E-state index in [0.29, 0.717) is 17.9 Å². The molecule has 0 heterocycles. The van der Waals surface area contributed by atoms with Crippen LogP contribution in [0.4, 0.5) is 5.69 Å². The number of anilines is 1. The van der Waals surface area contributed by atoms with E-state index in [1.54, 1.807) is 31.4 Å². The van der Waals surface area contributed by atoms with Crippen molar-refractivity contribution in [3.05, 3.63) is 24.3 Å². The average Bonchev–Trinajstić information content (AvgIpc) is 2.88. The van der Waals surface area contributed by atoms with Crippen LogP contribution in [-0.4, -0.2) is 17.4 Å². The number of carbonyl (C=O) groups excluding carboxylic acids is 1. The molecule has 1 N–H and O–H groups in total. The Labute approximate surface area is 104 Å². The number of hydrogen-bond acceptors (Lipinski definition) is 2. The zero-order chi connectivity index (χ0) is 11.8. The Morgan fingerprint density at radius 3 is 2.81 bits per heavy atom. The van der Waals surface area contributed by atoms with Crippen LogP contribution in [0.1, 0.15) is 6.42 Å². The van der Waals surface area contributed by atoms with Gasteiger partial charge in [-0.05, 0) is 18.6 Å². The molecule has 1 amide bonds. The summed E-state index contributed by atoms with van der Waals surface area (Å²) in [4.78, 5) is 11.7. The summed E-state index contributed by atoms with van der Waals surface area (Å²) in [6.07, 6.45) is 0.506. The topological polar surface area (TPSA) is 38.3 Å². The Morgan fingerprint density at radius 1 is 1.56 bits per heavy atom. The van der Waals surface area contributed by atoms with Crippen LogP contribution in [0.3, 0.4) is 0 Å².